The number of aromatic nitrogens is 6. The maximum absolute atomic E-state index is 12.4. The van der Waals surface area contributed by atoms with Gasteiger partial charge in [-0.1, -0.05) is 0 Å². The molecule has 5 rings (SSSR count). The third kappa shape index (κ3) is 4.96. The number of carbonyl (C=O) groups is 1. The first-order valence-corrected chi connectivity index (χ1v) is 11.5. The Hall–Kier alpha value is -4.34. The van der Waals surface area contributed by atoms with Crippen molar-refractivity contribution in [2.45, 2.75) is 46.1 Å². The van der Waals surface area contributed by atoms with E-state index in [0.717, 1.165) is 41.2 Å². The fraction of sp³-hybridized carbons (Fsp3) is 0.280. The summed E-state index contributed by atoms with van der Waals surface area (Å²) in [6.45, 7) is 5.92. The van der Waals surface area contributed by atoms with Crippen molar-refractivity contribution in [3.63, 3.8) is 0 Å². The van der Waals surface area contributed by atoms with E-state index in [-0.39, 0.29) is 18.0 Å². The van der Waals surface area contributed by atoms with Gasteiger partial charge >= 0.3 is 0 Å². The molecule has 3 aromatic heterocycles. The van der Waals surface area contributed by atoms with Crippen molar-refractivity contribution >= 4 is 23.1 Å². The number of nitrogens with zero attached hydrogens (tertiary/aromatic N) is 6. The quantitative estimate of drug-likeness (QED) is 0.425. The fourth-order valence-corrected chi connectivity index (χ4v) is 3.75. The highest BCUT2D eigenvalue weighted by Gasteiger charge is 2.25. The highest BCUT2D eigenvalue weighted by atomic mass is 16.2. The molecule has 4 aromatic rings. The third-order valence-corrected chi connectivity index (χ3v) is 6.17. The number of carbonyl (C=O) groups excluding carboxylic acids is 1. The maximum atomic E-state index is 12.4. The normalized spacial score (nSPS) is 13.0. The zero-order valence-corrected chi connectivity index (χ0v) is 19.8. The largest absolute Gasteiger partial charge is 0.339 e. The van der Waals surface area contributed by atoms with Gasteiger partial charge in [0.25, 0.3) is 5.56 Å². The van der Waals surface area contributed by atoms with Gasteiger partial charge in [-0.15, -0.1) is 10.2 Å². The van der Waals surface area contributed by atoms with Crippen LogP contribution in [0.1, 0.15) is 41.4 Å². The van der Waals surface area contributed by atoms with E-state index in [1.165, 1.54) is 17.0 Å². The molecule has 1 aliphatic carbocycles. The smallest absolute Gasteiger partial charge is 0.254 e. The Morgan fingerprint density at radius 3 is 2.37 bits per heavy atom. The molecule has 1 aromatic carbocycles. The lowest BCUT2D eigenvalue weighted by Crippen LogP contribution is -2.27. The Bertz CT molecular complexity index is 1430. The van der Waals surface area contributed by atoms with Crippen molar-refractivity contribution in [1.29, 1.82) is 0 Å². The molecule has 10 heteroatoms. The number of amides is 1. The molecule has 1 amide bonds. The molecule has 1 aliphatic rings. The van der Waals surface area contributed by atoms with E-state index in [9.17, 15) is 9.59 Å². The van der Waals surface area contributed by atoms with Gasteiger partial charge in [0, 0.05) is 29.1 Å². The van der Waals surface area contributed by atoms with E-state index in [1.54, 1.807) is 16.8 Å². The first-order valence-electron chi connectivity index (χ1n) is 11.5. The molecule has 1 saturated carbocycles. The second-order valence-electron chi connectivity index (χ2n) is 8.79. The summed E-state index contributed by atoms with van der Waals surface area (Å²) < 4.78 is 3.09. The Labute approximate surface area is 202 Å². The predicted molar refractivity (Wildman–Crippen MR) is 132 cm³/mol. The van der Waals surface area contributed by atoms with Gasteiger partial charge in [-0.25, -0.2) is 9.67 Å². The topological polar surface area (TPSA) is 120 Å². The van der Waals surface area contributed by atoms with Crippen molar-refractivity contribution in [1.82, 2.24) is 29.5 Å². The van der Waals surface area contributed by atoms with Gasteiger partial charge in [0.1, 0.15) is 6.54 Å². The minimum atomic E-state index is -0.297. The van der Waals surface area contributed by atoms with Crippen LogP contribution in [-0.4, -0.2) is 35.4 Å². The van der Waals surface area contributed by atoms with Gasteiger partial charge in [0.05, 0.1) is 17.7 Å². The lowest BCUT2D eigenvalue weighted by molar-refractivity contribution is -0.116. The van der Waals surface area contributed by atoms with E-state index in [0.29, 0.717) is 23.2 Å². The van der Waals surface area contributed by atoms with Crippen LogP contribution in [0.3, 0.4) is 0 Å². The van der Waals surface area contributed by atoms with Gasteiger partial charge in [-0.2, -0.15) is 5.10 Å². The van der Waals surface area contributed by atoms with Gasteiger partial charge < -0.3 is 10.6 Å². The average Bonchev–Trinajstić information content (AvgIpc) is 3.66. The molecule has 0 unspecified atom stereocenters. The lowest BCUT2D eigenvalue weighted by atomic mass is 10.2. The molecule has 0 radical (unpaired) electrons. The number of aryl methyl sites for hydroxylation is 1. The zero-order valence-electron chi connectivity index (χ0n) is 19.8. The number of hydrogen-bond donors (Lipinski definition) is 2. The summed E-state index contributed by atoms with van der Waals surface area (Å²) in [7, 11) is 0. The second-order valence-corrected chi connectivity index (χ2v) is 8.79. The molecule has 35 heavy (non-hydrogen) atoms. The predicted octanol–water partition coefficient (Wildman–Crippen LogP) is 3.40. The standard InChI is InChI=1S/C25H26N8O2/c1-15-16(2)31-33(17(15)3)23-11-10-22(29-30-23)27-19-6-8-20(9-7-19)28-24(34)13-32-14-26-21(12-25(32)35)18-4-5-18/h6-12,14,18H,4-5,13H2,1-3H3,(H,27,29)(H,28,34). The van der Waals surface area contributed by atoms with E-state index in [2.05, 4.69) is 30.9 Å². The van der Waals surface area contributed by atoms with Crippen LogP contribution in [0.2, 0.25) is 0 Å². The Kier molecular flexibility index (Phi) is 5.86. The highest BCUT2D eigenvalue weighted by Crippen LogP contribution is 2.38. The van der Waals surface area contributed by atoms with Gasteiger partial charge in [-0.05, 0) is 75.6 Å². The molecule has 1 fully saturated rings. The molecule has 0 aliphatic heterocycles. The Morgan fingerprint density at radius 1 is 1.03 bits per heavy atom. The molecule has 3 heterocycles. The van der Waals surface area contributed by atoms with Crippen molar-refractivity contribution in [2.24, 2.45) is 0 Å². The summed E-state index contributed by atoms with van der Waals surface area (Å²) in [5.41, 5.74) is 5.16. The maximum Gasteiger partial charge on any atom is 0.254 e. The molecule has 0 saturated heterocycles. The van der Waals surface area contributed by atoms with Gasteiger partial charge in [0.2, 0.25) is 5.91 Å². The first kappa shape index (κ1) is 22.5. The van der Waals surface area contributed by atoms with E-state index in [4.69, 9.17) is 0 Å². The summed E-state index contributed by atoms with van der Waals surface area (Å²) in [5, 5.41) is 19.0. The fourth-order valence-electron chi connectivity index (χ4n) is 3.75. The second kappa shape index (κ2) is 9.13. The van der Waals surface area contributed by atoms with Crippen LogP contribution in [0, 0.1) is 20.8 Å². The van der Waals surface area contributed by atoms with Crippen molar-refractivity contribution in [3.05, 3.63) is 81.8 Å². The molecule has 0 bridgehead atoms. The summed E-state index contributed by atoms with van der Waals surface area (Å²) in [4.78, 5) is 28.9. The summed E-state index contributed by atoms with van der Waals surface area (Å²) in [5.74, 6) is 1.34. The highest BCUT2D eigenvalue weighted by molar-refractivity contribution is 5.90. The van der Waals surface area contributed by atoms with Crippen LogP contribution < -0.4 is 16.2 Å². The number of rotatable bonds is 7. The molecular weight excluding hydrogens is 444 g/mol. The van der Waals surface area contributed by atoms with E-state index in [1.807, 2.05) is 45.0 Å². The average molecular weight is 471 g/mol. The Morgan fingerprint density at radius 2 is 1.77 bits per heavy atom. The zero-order chi connectivity index (χ0) is 24.5. The minimum Gasteiger partial charge on any atom is -0.339 e. The molecule has 178 valence electrons. The third-order valence-electron chi connectivity index (χ3n) is 6.17. The van der Waals surface area contributed by atoms with Gasteiger partial charge in [-0.3, -0.25) is 14.2 Å². The summed E-state index contributed by atoms with van der Waals surface area (Å²) >= 11 is 0. The van der Waals surface area contributed by atoms with Crippen LogP contribution >= 0.6 is 0 Å². The van der Waals surface area contributed by atoms with E-state index < -0.39 is 0 Å². The van der Waals surface area contributed by atoms with Crippen LogP contribution in [-0.2, 0) is 11.3 Å². The lowest BCUT2D eigenvalue weighted by Gasteiger charge is -2.10. The summed E-state index contributed by atoms with van der Waals surface area (Å²) in [6.07, 6.45) is 3.60. The Balaban J connectivity index is 1.18. The van der Waals surface area contributed by atoms with Crippen LogP contribution in [0.15, 0.2) is 53.6 Å². The molecule has 0 atom stereocenters. The molecule has 10 nitrogen and oxygen atoms in total. The van der Waals surface area contributed by atoms with Crippen molar-refractivity contribution in [3.8, 4) is 5.82 Å². The van der Waals surface area contributed by atoms with Crippen LogP contribution in [0.25, 0.3) is 5.82 Å². The van der Waals surface area contributed by atoms with Crippen molar-refractivity contribution in [2.75, 3.05) is 10.6 Å². The van der Waals surface area contributed by atoms with Crippen LogP contribution in [0.4, 0.5) is 17.2 Å². The van der Waals surface area contributed by atoms with Gasteiger partial charge in [0.15, 0.2) is 11.6 Å². The molecule has 0 spiro atoms. The molecular formula is C25H26N8O2. The molecule has 2 N–H and O–H groups in total. The number of nitrogens with one attached hydrogen (secondary N) is 2. The first-order chi connectivity index (χ1) is 16.9. The van der Waals surface area contributed by atoms with E-state index >= 15 is 0 Å². The monoisotopic (exact) mass is 470 g/mol. The SMILES string of the molecule is Cc1nn(-c2ccc(Nc3ccc(NC(=O)Cn4cnc(C5CC5)cc4=O)cc3)nn2)c(C)c1C. The van der Waals surface area contributed by atoms with Crippen LogP contribution in [0.5, 0.6) is 0 Å². The minimum absolute atomic E-state index is 0.0898. The number of benzene rings is 1. The summed E-state index contributed by atoms with van der Waals surface area (Å²) in [6, 6.07) is 12.4. The number of anilines is 3. The van der Waals surface area contributed by atoms with Crippen molar-refractivity contribution < 1.29 is 4.79 Å². The number of hydrogen-bond acceptors (Lipinski definition) is 7.